The van der Waals surface area contributed by atoms with Crippen LogP contribution in [0.2, 0.25) is 0 Å². The largest absolute Gasteiger partial charge is 0.380 e. The first-order valence-corrected chi connectivity index (χ1v) is 11.5. The average molecular weight is 440 g/mol. The molecule has 0 atom stereocenters. The van der Waals surface area contributed by atoms with Gasteiger partial charge in [0.15, 0.2) is 0 Å². The van der Waals surface area contributed by atoms with Gasteiger partial charge in [-0.2, -0.15) is 0 Å². The summed E-state index contributed by atoms with van der Waals surface area (Å²) in [6.45, 7) is 7.19. The predicted molar refractivity (Wildman–Crippen MR) is 122 cm³/mol. The highest BCUT2D eigenvalue weighted by Gasteiger charge is 2.26. The third-order valence-electron chi connectivity index (χ3n) is 6.33. The number of methoxy groups -OCH3 is 1. The molecule has 8 heteroatoms. The summed E-state index contributed by atoms with van der Waals surface area (Å²) in [4.78, 5) is 30.6. The summed E-state index contributed by atoms with van der Waals surface area (Å²) < 4.78 is 10.7. The van der Waals surface area contributed by atoms with Crippen LogP contribution in [0.3, 0.4) is 0 Å². The maximum atomic E-state index is 12.9. The Bertz CT molecular complexity index is 908. The van der Waals surface area contributed by atoms with Gasteiger partial charge in [0.25, 0.3) is 0 Å². The number of ether oxygens (including phenoxy) is 2. The van der Waals surface area contributed by atoms with Crippen molar-refractivity contribution in [2.75, 3.05) is 51.4 Å². The van der Waals surface area contributed by atoms with Gasteiger partial charge in [-0.3, -0.25) is 4.79 Å². The van der Waals surface area contributed by atoms with E-state index >= 15 is 0 Å². The molecule has 0 radical (unpaired) electrons. The number of aryl methyl sites for hydroxylation is 2. The van der Waals surface area contributed by atoms with Crippen LogP contribution in [0.4, 0.5) is 5.82 Å². The third-order valence-corrected chi connectivity index (χ3v) is 6.33. The van der Waals surface area contributed by atoms with Crippen molar-refractivity contribution in [1.29, 1.82) is 0 Å². The zero-order valence-corrected chi connectivity index (χ0v) is 19.1. The monoisotopic (exact) mass is 439 g/mol. The summed E-state index contributed by atoms with van der Waals surface area (Å²) in [7, 11) is 1.69. The number of amides is 1. The Morgan fingerprint density at radius 1 is 1.19 bits per heavy atom. The molecule has 0 aromatic carbocycles. The van der Waals surface area contributed by atoms with Gasteiger partial charge < -0.3 is 19.3 Å². The van der Waals surface area contributed by atoms with Gasteiger partial charge in [-0.25, -0.2) is 15.0 Å². The van der Waals surface area contributed by atoms with Gasteiger partial charge in [-0.15, -0.1) is 0 Å². The number of morpholine rings is 1. The molecule has 0 spiro atoms. The Balaban J connectivity index is 1.29. The molecule has 2 aliphatic heterocycles. The Morgan fingerprint density at radius 3 is 2.72 bits per heavy atom. The Kier molecular flexibility index (Phi) is 7.65. The molecule has 2 saturated heterocycles. The van der Waals surface area contributed by atoms with Crippen LogP contribution in [0.1, 0.15) is 47.8 Å². The maximum absolute atomic E-state index is 12.9. The summed E-state index contributed by atoms with van der Waals surface area (Å²) in [5, 5.41) is 0. The molecular formula is C24H33N5O3. The van der Waals surface area contributed by atoms with Gasteiger partial charge in [-0.05, 0) is 43.9 Å². The zero-order valence-electron chi connectivity index (χ0n) is 19.1. The Labute approximate surface area is 190 Å². The summed E-state index contributed by atoms with van der Waals surface area (Å²) in [5.74, 6) is 2.34. The van der Waals surface area contributed by atoms with Gasteiger partial charge in [0.05, 0.1) is 25.5 Å². The number of aromatic nitrogens is 3. The number of pyridine rings is 1. The summed E-state index contributed by atoms with van der Waals surface area (Å²) >= 11 is 0. The highest BCUT2D eigenvalue weighted by atomic mass is 16.5. The SMILES string of the molecule is COCc1cnc(C)nc1C1CCN(C(=O)CCc2ccnc(N3CCOCC3)c2)CC1. The van der Waals surface area contributed by atoms with E-state index in [-0.39, 0.29) is 5.91 Å². The minimum atomic E-state index is 0.226. The molecule has 32 heavy (non-hydrogen) atoms. The van der Waals surface area contributed by atoms with Gasteiger partial charge >= 0.3 is 0 Å². The molecule has 2 aliphatic rings. The van der Waals surface area contributed by atoms with Gasteiger partial charge in [0.2, 0.25) is 5.91 Å². The zero-order chi connectivity index (χ0) is 22.3. The van der Waals surface area contributed by atoms with Crippen molar-refractivity contribution in [3.8, 4) is 0 Å². The van der Waals surface area contributed by atoms with Crippen molar-refractivity contribution in [2.24, 2.45) is 0 Å². The number of carbonyl (C=O) groups excluding carboxylic acids is 1. The smallest absolute Gasteiger partial charge is 0.222 e. The lowest BCUT2D eigenvalue weighted by Crippen LogP contribution is -2.38. The fourth-order valence-corrected chi connectivity index (χ4v) is 4.53. The number of rotatable bonds is 7. The minimum absolute atomic E-state index is 0.226. The predicted octanol–water partition coefficient (Wildman–Crippen LogP) is 2.50. The molecule has 4 heterocycles. The second-order valence-corrected chi connectivity index (χ2v) is 8.54. The molecule has 2 fully saturated rings. The first-order chi connectivity index (χ1) is 15.6. The molecule has 0 bridgehead atoms. The molecule has 1 amide bonds. The molecular weight excluding hydrogens is 406 g/mol. The van der Waals surface area contributed by atoms with E-state index in [0.29, 0.717) is 18.9 Å². The van der Waals surface area contributed by atoms with E-state index < -0.39 is 0 Å². The van der Waals surface area contributed by atoms with Crippen LogP contribution < -0.4 is 4.90 Å². The Hall–Kier alpha value is -2.58. The van der Waals surface area contributed by atoms with E-state index in [0.717, 1.165) is 87.1 Å². The number of likely N-dealkylation sites (tertiary alicyclic amines) is 1. The average Bonchev–Trinajstić information content (AvgIpc) is 2.84. The molecule has 2 aromatic rings. The fraction of sp³-hybridized carbons (Fsp3) is 0.583. The molecule has 0 N–H and O–H groups in total. The standard InChI is InChI=1S/C24H33N5O3/c1-18-26-16-21(17-31-2)24(27-18)20-6-9-29(10-7-20)23(30)4-3-19-5-8-25-22(15-19)28-11-13-32-14-12-28/h5,8,15-16,20H,3-4,6-7,9-14,17H2,1-2H3. The molecule has 0 unspecified atom stereocenters. The topological polar surface area (TPSA) is 80.7 Å². The molecule has 4 rings (SSSR count). The minimum Gasteiger partial charge on any atom is -0.380 e. The molecule has 8 nitrogen and oxygen atoms in total. The normalized spacial score (nSPS) is 17.6. The van der Waals surface area contributed by atoms with Gasteiger partial charge in [-0.1, -0.05) is 0 Å². The number of hydrogen-bond donors (Lipinski definition) is 0. The third kappa shape index (κ3) is 5.61. The highest BCUT2D eigenvalue weighted by Crippen LogP contribution is 2.29. The van der Waals surface area contributed by atoms with Crippen LogP contribution in [0, 0.1) is 6.92 Å². The van der Waals surface area contributed by atoms with Crippen LogP contribution in [-0.2, 0) is 27.3 Å². The van der Waals surface area contributed by atoms with Gasteiger partial charge in [0.1, 0.15) is 11.6 Å². The van der Waals surface area contributed by atoms with Crippen LogP contribution >= 0.6 is 0 Å². The van der Waals surface area contributed by atoms with E-state index in [9.17, 15) is 4.79 Å². The molecule has 2 aromatic heterocycles. The molecule has 172 valence electrons. The van der Waals surface area contributed by atoms with Crippen molar-refractivity contribution in [3.63, 3.8) is 0 Å². The number of nitrogens with zero attached hydrogens (tertiary/aromatic N) is 5. The van der Waals surface area contributed by atoms with Crippen LogP contribution in [-0.4, -0.2) is 72.3 Å². The van der Waals surface area contributed by atoms with Crippen LogP contribution in [0.15, 0.2) is 24.5 Å². The lowest BCUT2D eigenvalue weighted by atomic mass is 9.90. The van der Waals surface area contributed by atoms with Crippen molar-refractivity contribution in [2.45, 2.75) is 45.1 Å². The van der Waals surface area contributed by atoms with Crippen LogP contribution in [0.25, 0.3) is 0 Å². The van der Waals surface area contributed by atoms with Crippen molar-refractivity contribution in [1.82, 2.24) is 19.9 Å². The fourth-order valence-electron chi connectivity index (χ4n) is 4.53. The second-order valence-electron chi connectivity index (χ2n) is 8.54. The summed E-state index contributed by atoms with van der Waals surface area (Å²) in [6, 6.07) is 4.12. The van der Waals surface area contributed by atoms with Crippen molar-refractivity contribution in [3.05, 3.63) is 47.2 Å². The van der Waals surface area contributed by atoms with Gasteiger partial charge in [0, 0.05) is 63.6 Å². The molecule has 0 aliphatic carbocycles. The first kappa shape index (κ1) is 22.6. The van der Waals surface area contributed by atoms with E-state index in [1.807, 2.05) is 30.3 Å². The van der Waals surface area contributed by atoms with Crippen LogP contribution in [0.5, 0.6) is 0 Å². The summed E-state index contributed by atoms with van der Waals surface area (Å²) in [5.41, 5.74) is 3.29. The quantitative estimate of drug-likeness (QED) is 0.656. The molecule has 0 saturated carbocycles. The number of anilines is 1. The number of hydrogen-bond acceptors (Lipinski definition) is 7. The second kappa shape index (κ2) is 10.8. The van der Waals surface area contributed by atoms with Crippen molar-refractivity contribution < 1.29 is 14.3 Å². The number of piperidine rings is 1. The highest BCUT2D eigenvalue weighted by molar-refractivity contribution is 5.76. The van der Waals surface area contributed by atoms with Crippen molar-refractivity contribution >= 4 is 11.7 Å². The lowest BCUT2D eigenvalue weighted by molar-refractivity contribution is -0.132. The lowest BCUT2D eigenvalue weighted by Gasteiger charge is -2.32. The Morgan fingerprint density at radius 2 is 1.97 bits per heavy atom. The van der Waals surface area contributed by atoms with E-state index in [2.05, 4.69) is 20.9 Å². The van der Waals surface area contributed by atoms with E-state index in [4.69, 9.17) is 14.5 Å². The summed E-state index contributed by atoms with van der Waals surface area (Å²) in [6.07, 6.45) is 6.83. The van der Waals surface area contributed by atoms with E-state index in [1.165, 1.54) is 0 Å². The number of carbonyl (C=O) groups is 1. The first-order valence-electron chi connectivity index (χ1n) is 11.5. The maximum Gasteiger partial charge on any atom is 0.222 e. The van der Waals surface area contributed by atoms with E-state index in [1.54, 1.807) is 7.11 Å².